The Morgan fingerprint density at radius 3 is 2.64 bits per heavy atom. The molecule has 1 amide bonds. The molecule has 1 N–H and O–H groups in total. The molecule has 1 saturated heterocycles. The van der Waals surface area contributed by atoms with Gasteiger partial charge in [-0.15, -0.1) is 0 Å². The highest BCUT2D eigenvalue weighted by atomic mass is 16.5. The number of aliphatic hydroxyl groups excluding tert-OH is 1. The number of allylic oxidation sites excluding steroid dienone is 2. The van der Waals surface area contributed by atoms with Crippen molar-refractivity contribution in [3.8, 4) is 11.5 Å². The van der Waals surface area contributed by atoms with Gasteiger partial charge in [0, 0.05) is 25.6 Å². The van der Waals surface area contributed by atoms with Crippen molar-refractivity contribution in [3.63, 3.8) is 0 Å². The minimum absolute atomic E-state index is 0.0395. The smallest absolute Gasteiger partial charge is 0.246 e. The quantitative estimate of drug-likeness (QED) is 0.599. The molecule has 1 aliphatic rings. The van der Waals surface area contributed by atoms with Crippen molar-refractivity contribution >= 4 is 5.91 Å². The second kappa shape index (κ2) is 9.86. The van der Waals surface area contributed by atoms with E-state index in [1.54, 1.807) is 37.3 Å². The SMILES string of the molecule is COc1ccc(C[C@@H](O)/C=C/C=C/C(=O)N2CCOCC2)cc1OC. The summed E-state index contributed by atoms with van der Waals surface area (Å²) < 4.78 is 15.7. The molecule has 136 valence electrons. The Bertz CT molecular complexity index is 620. The van der Waals surface area contributed by atoms with Gasteiger partial charge in [-0.1, -0.05) is 24.3 Å². The third kappa shape index (κ3) is 5.92. The molecule has 1 aliphatic heterocycles. The minimum Gasteiger partial charge on any atom is -0.493 e. The van der Waals surface area contributed by atoms with Crippen molar-refractivity contribution in [2.75, 3.05) is 40.5 Å². The number of hydrogen-bond acceptors (Lipinski definition) is 5. The zero-order chi connectivity index (χ0) is 18.1. The predicted molar refractivity (Wildman–Crippen MR) is 94.9 cm³/mol. The van der Waals surface area contributed by atoms with Gasteiger partial charge in [0.05, 0.1) is 33.5 Å². The van der Waals surface area contributed by atoms with Crippen molar-refractivity contribution in [1.82, 2.24) is 4.90 Å². The lowest BCUT2D eigenvalue weighted by Gasteiger charge is -2.25. The molecule has 1 heterocycles. The van der Waals surface area contributed by atoms with Crippen LogP contribution in [0.25, 0.3) is 0 Å². The van der Waals surface area contributed by atoms with E-state index in [2.05, 4.69) is 0 Å². The Morgan fingerprint density at radius 1 is 1.24 bits per heavy atom. The predicted octanol–water partition coefficient (Wildman–Crippen LogP) is 1.58. The summed E-state index contributed by atoms with van der Waals surface area (Å²) in [6.07, 6.45) is 6.29. The van der Waals surface area contributed by atoms with E-state index in [9.17, 15) is 9.90 Å². The van der Waals surface area contributed by atoms with Crippen molar-refractivity contribution in [1.29, 1.82) is 0 Å². The average molecular weight is 347 g/mol. The van der Waals surface area contributed by atoms with Gasteiger partial charge < -0.3 is 24.2 Å². The first-order valence-corrected chi connectivity index (χ1v) is 8.24. The molecular weight excluding hydrogens is 322 g/mol. The Hall–Kier alpha value is -2.31. The summed E-state index contributed by atoms with van der Waals surface area (Å²) in [4.78, 5) is 13.7. The standard InChI is InChI=1S/C19H25NO5/c1-23-17-8-7-15(14-18(17)24-2)13-16(21)5-3-4-6-19(22)20-9-11-25-12-10-20/h3-8,14,16,21H,9-13H2,1-2H3/b5-3+,6-4+/t16-/m0/s1. The largest absolute Gasteiger partial charge is 0.493 e. The fraction of sp³-hybridized carbons (Fsp3) is 0.421. The van der Waals surface area contributed by atoms with E-state index in [1.165, 1.54) is 6.08 Å². The molecule has 25 heavy (non-hydrogen) atoms. The zero-order valence-electron chi connectivity index (χ0n) is 14.7. The number of nitrogens with zero attached hydrogens (tertiary/aromatic N) is 1. The molecule has 0 aromatic heterocycles. The topological polar surface area (TPSA) is 68.2 Å². The summed E-state index contributed by atoms with van der Waals surface area (Å²) in [5.41, 5.74) is 0.933. The Labute approximate surface area is 148 Å². The lowest BCUT2D eigenvalue weighted by atomic mass is 10.1. The van der Waals surface area contributed by atoms with Gasteiger partial charge in [0.1, 0.15) is 0 Å². The van der Waals surface area contributed by atoms with Crippen LogP contribution in [0.15, 0.2) is 42.5 Å². The van der Waals surface area contributed by atoms with E-state index in [-0.39, 0.29) is 5.91 Å². The summed E-state index contributed by atoms with van der Waals surface area (Å²) in [6, 6.07) is 5.54. The zero-order valence-corrected chi connectivity index (χ0v) is 14.7. The second-order valence-corrected chi connectivity index (χ2v) is 5.64. The number of methoxy groups -OCH3 is 2. The monoisotopic (exact) mass is 347 g/mol. The normalized spacial score (nSPS) is 16.4. The Balaban J connectivity index is 1.84. The van der Waals surface area contributed by atoms with Gasteiger partial charge in [-0.25, -0.2) is 0 Å². The highest BCUT2D eigenvalue weighted by Gasteiger charge is 2.13. The summed E-state index contributed by atoms with van der Waals surface area (Å²) in [5.74, 6) is 1.25. The first kappa shape index (κ1) is 19.0. The first-order chi connectivity index (χ1) is 12.1. The van der Waals surface area contributed by atoms with Crippen LogP contribution < -0.4 is 9.47 Å². The van der Waals surface area contributed by atoms with E-state index in [4.69, 9.17) is 14.2 Å². The van der Waals surface area contributed by atoms with Crippen molar-refractivity contribution in [3.05, 3.63) is 48.1 Å². The molecule has 0 bridgehead atoms. The number of ether oxygens (including phenoxy) is 3. The highest BCUT2D eigenvalue weighted by Crippen LogP contribution is 2.28. The molecule has 6 nitrogen and oxygen atoms in total. The number of benzene rings is 1. The third-order valence-corrected chi connectivity index (χ3v) is 3.90. The van der Waals surface area contributed by atoms with Crippen LogP contribution in [0.1, 0.15) is 5.56 Å². The molecule has 2 rings (SSSR count). The molecule has 0 radical (unpaired) electrons. The fourth-order valence-corrected chi connectivity index (χ4v) is 2.54. The molecule has 0 saturated carbocycles. The Kier molecular flexibility index (Phi) is 7.50. The van der Waals surface area contributed by atoms with Crippen molar-refractivity contribution in [2.45, 2.75) is 12.5 Å². The maximum atomic E-state index is 11.9. The van der Waals surface area contributed by atoms with Crippen LogP contribution in [0.2, 0.25) is 0 Å². The minimum atomic E-state index is -0.652. The second-order valence-electron chi connectivity index (χ2n) is 5.64. The van der Waals surface area contributed by atoms with E-state index in [0.29, 0.717) is 44.2 Å². The molecule has 6 heteroatoms. The average Bonchev–Trinajstić information content (AvgIpc) is 2.65. The van der Waals surface area contributed by atoms with Gasteiger partial charge in [0.25, 0.3) is 0 Å². The highest BCUT2D eigenvalue weighted by molar-refractivity contribution is 5.87. The van der Waals surface area contributed by atoms with E-state index in [1.807, 2.05) is 18.2 Å². The first-order valence-electron chi connectivity index (χ1n) is 8.24. The molecule has 0 spiro atoms. The summed E-state index contributed by atoms with van der Waals surface area (Å²) >= 11 is 0. The molecule has 0 unspecified atom stereocenters. The van der Waals surface area contributed by atoms with Crippen LogP contribution in [0.4, 0.5) is 0 Å². The molecule has 1 atom stereocenters. The lowest BCUT2D eigenvalue weighted by molar-refractivity contribution is -0.129. The van der Waals surface area contributed by atoms with Gasteiger partial charge in [-0.2, -0.15) is 0 Å². The van der Waals surface area contributed by atoms with Crippen LogP contribution in [0, 0.1) is 0 Å². The summed E-state index contributed by atoms with van der Waals surface area (Å²) in [6.45, 7) is 2.41. The number of morpholine rings is 1. The van der Waals surface area contributed by atoms with E-state index in [0.717, 1.165) is 5.56 Å². The number of aliphatic hydroxyl groups is 1. The number of rotatable bonds is 7. The van der Waals surface area contributed by atoms with Crippen LogP contribution in [-0.2, 0) is 16.0 Å². The lowest BCUT2D eigenvalue weighted by Crippen LogP contribution is -2.39. The molecule has 1 aromatic rings. The van der Waals surface area contributed by atoms with E-state index >= 15 is 0 Å². The fourth-order valence-electron chi connectivity index (χ4n) is 2.54. The summed E-state index contributed by atoms with van der Waals surface area (Å²) in [7, 11) is 3.16. The van der Waals surface area contributed by atoms with Gasteiger partial charge in [0.15, 0.2) is 11.5 Å². The summed E-state index contributed by atoms with van der Waals surface area (Å²) in [5, 5.41) is 10.1. The van der Waals surface area contributed by atoms with Crippen LogP contribution in [0.3, 0.4) is 0 Å². The van der Waals surface area contributed by atoms with Crippen molar-refractivity contribution < 1.29 is 24.1 Å². The molecule has 0 aliphatic carbocycles. The number of carbonyl (C=O) groups is 1. The number of carbonyl (C=O) groups excluding carboxylic acids is 1. The van der Waals surface area contributed by atoms with Crippen LogP contribution in [-0.4, -0.2) is 62.5 Å². The Morgan fingerprint density at radius 2 is 1.96 bits per heavy atom. The maximum absolute atomic E-state index is 11.9. The van der Waals surface area contributed by atoms with E-state index < -0.39 is 6.10 Å². The van der Waals surface area contributed by atoms with Crippen LogP contribution in [0.5, 0.6) is 11.5 Å². The third-order valence-electron chi connectivity index (χ3n) is 3.90. The van der Waals surface area contributed by atoms with Gasteiger partial charge >= 0.3 is 0 Å². The van der Waals surface area contributed by atoms with Crippen molar-refractivity contribution in [2.24, 2.45) is 0 Å². The molecule has 1 aromatic carbocycles. The van der Waals surface area contributed by atoms with Gasteiger partial charge in [0.2, 0.25) is 5.91 Å². The van der Waals surface area contributed by atoms with Gasteiger partial charge in [-0.3, -0.25) is 4.79 Å². The maximum Gasteiger partial charge on any atom is 0.246 e. The number of amides is 1. The van der Waals surface area contributed by atoms with Crippen LogP contribution >= 0.6 is 0 Å². The van der Waals surface area contributed by atoms with Gasteiger partial charge in [-0.05, 0) is 17.7 Å². The molecular formula is C19H25NO5. The molecule has 1 fully saturated rings. The number of hydrogen-bond donors (Lipinski definition) is 1.